The van der Waals surface area contributed by atoms with Gasteiger partial charge < -0.3 is 30.0 Å². The molecule has 2 aliphatic rings. The van der Waals surface area contributed by atoms with Gasteiger partial charge in [0.15, 0.2) is 16.7 Å². The maximum atomic E-state index is 11.8. The number of nitrogen functional groups attached to an aromatic ring is 1. The van der Waals surface area contributed by atoms with Gasteiger partial charge in [-0.05, 0) is 43.1 Å². The first-order valence-electron chi connectivity index (χ1n) is 11.2. The van der Waals surface area contributed by atoms with Crippen LogP contribution in [0.2, 0.25) is 0 Å². The van der Waals surface area contributed by atoms with Gasteiger partial charge in [-0.3, -0.25) is 20.3 Å². The molecule has 12 nitrogen and oxygen atoms in total. The molecule has 4 N–H and O–H groups in total. The zero-order valence-corrected chi connectivity index (χ0v) is 19.9. The molecule has 1 aromatic heterocycles. The van der Waals surface area contributed by atoms with Crippen LogP contribution in [-0.2, 0) is 11.3 Å². The molecule has 0 unspecified atom stereocenters. The van der Waals surface area contributed by atoms with Crippen LogP contribution in [0.15, 0.2) is 35.0 Å². The van der Waals surface area contributed by atoms with E-state index in [1.165, 1.54) is 12.3 Å². The van der Waals surface area contributed by atoms with Gasteiger partial charge in [-0.2, -0.15) is 0 Å². The molecule has 3 heterocycles. The minimum absolute atomic E-state index is 0.127. The molecule has 13 heteroatoms. The van der Waals surface area contributed by atoms with Crippen LogP contribution in [0.25, 0.3) is 0 Å². The zero-order chi connectivity index (χ0) is 24.9. The molecule has 186 valence electrons. The lowest BCUT2D eigenvalue weighted by Gasteiger charge is -2.29. The van der Waals surface area contributed by atoms with Crippen molar-refractivity contribution >= 4 is 35.5 Å². The van der Waals surface area contributed by atoms with E-state index in [4.69, 9.17) is 20.6 Å². The van der Waals surface area contributed by atoms with E-state index in [1.54, 1.807) is 11.0 Å². The molecule has 0 aliphatic carbocycles. The van der Waals surface area contributed by atoms with Crippen molar-refractivity contribution in [3.05, 3.63) is 40.7 Å². The van der Waals surface area contributed by atoms with Crippen molar-refractivity contribution in [1.29, 1.82) is 5.41 Å². The average molecular weight is 502 g/mol. The van der Waals surface area contributed by atoms with Crippen LogP contribution in [0.1, 0.15) is 25.0 Å². The Balaban J connectivity index is 1.67. The fraction of sp³-hybridized carbons (Fsp3) is 0.409. The Kier molecular flexibility index (Phi) is 7.44. The van der Waals surface area contributed by atoms with Crippen molar-refractivity contribution in [3.8, 4) is 11.5 Å². The second-order valence-corrected chi connectivity index (χ2v) is 9.21. The van der Waals surface area contributed by atoms with Crippen LogP contribution in [0.3, 0.4) is 0 Å². The number of rotatable bonds is 10. The number of nitro benzene ring substituents is 1. The van der Waals surface area contributed by atoms with E-state index in [0.29, 0.717) is 53.0 Å². The first-order valence-corrected chi connectivity index (χ1v) is 12.0. The monoisotopic (exact) mass is 501 g/mol. The number of amidine groups is 1. The van der Waals surface area contributed by atoms with E-state index >= 15 is 0 Å². The summed E-state index contributed by atoms with van der Waals surface area (Å²) in [4.78, 5) is 29.0. The SMILES string of the molecule is C=CNc1c(C(=N)N)nc(Sc2cc3c(cc2[N+](=O)[O-])OCCO3)n1CCC1CCN(C=O)CC1. The third-order valence-electron chi connectivity index (χ3n) is 6.01. The van der Waals surface area contributed by atoms with Crippen LogP contribution < -0.4 is 20.5 Å². The number of hydrogen-bond acceptors (Lipinski definition) is 9. The molecule has 1 aromatic carbocycles. The molecule has 35 heavy (non-hydrogen) atoms. The molecule has 1 saturated heterocycles. The zero-order valence-electron chi connectivity index (χ0n) is 19.1. The summed E-state index contributed by atoms with van der Waals surface area (Å²) in [7, 11) is 0. The first-order chi connectivity index (χ1) is 16.9. The van der Waals surface area contributed by atoms with Gasteiger partial charge in [-0.15, -0.1) is 0 Å². The summed E-state index contributed by atoms with van der Waals surface area (Å²) in [5.74, 6) is 1.44. The van der Waals surface area contributed by atoms with E-state index in [9.17, 15) is 14.9 Å². The van der Waals surface area contributed by atoms with Crippen LogP contribution >= 0.6 is 11.8 Å². The number of ether oxygens (including phenoxy) is 2. The quantitative estimate of drug-likeness (QED) is 0.146. The van der Waals surface area contributed by atoms with Gasteiger partial charge in [0.25, 0.3) is 5.69 Å². The summed E-state index contributed by atoms with van der Waals surface area (Å²) in [6, 6.07) is 2.94. The molecule has 0 saturated carbocycles. The van der Waals surface area contributed by atoms with E-state index in [-0.39, 0.29) is 17.2 Å². The summed E-state index contributed by atoms with van der Waals surface area (Å²) < 4.78 is 13.0. The van der Waals surface area contributed by atoms with Crippen molar-refractivity contribution < 1.29 is 19.2 Å². The molecular formula is C22H27N7O5S. The third kappa shape index (κ3) is 5.34. The van der Waals surface area contributed by atoms with Gasteiger partial charge in [-0.25, -0.2) is 4.98 Å². The number of amides is 1. The number of nitro groups is 1. The summed E-state index contributed by atoms with van der Waals surface area (Å²) in [5, 5.41) is 23.3. The third-order valence-corrected chi connectivity index (χ3v) is 7.05. The molecular weight excluding hydrogens is 474 g/mol. The molecule has 0 radical (unpaired) electrons. The number of likely N-dealkylation sites (tertiary alicyclic amines) is 1. The Labute approximate surface area is 206 Å². The minimum atomic E-state index is -0.469. The molecule has 0 spiro atoms. The number of aromatic nitrogens is 2. The number of nitrogens with zero attached hydrogens (tertiary/aromatic N) is 4. The van der Waals surface area contributed by atoms with E-state index in [0.717, 1.165) is 50.5 Å². The first kappa shape index (κ1) is 24.4. The second-order valence-electron chi connectivity index (χ2n) is 8.20. The lowest BCUT2D eigenvalue weighted by atomic mass is 9.94. The van der Waals surface area contributed by atoms with Crippen LogP contribution in [0, 0.1) is 21.4 Å². The normalized spacial score (nSPS) is 15.5. The average Bonchev–Trinajstić information content (AvgIpc) is 3.19. The van der Waals surface area contributed by atoms with Crippen molar-refractivity contribution in [2.45, 2.75) is 35.9 Å². The molecule has 4 rings (SSSR count). The Bertz CT molecular complexity index is 1140. The maximum absolute atomic E-state index is 11.8. The van der Waals surface area contributed by atoms with Gasteiger partial charge in [0.2, 0.25) is 6.41 Å². The van der Waals surface area contributed by atoms with E-state index in [1.807, 2.05) is 4.57 Å². The van der Waals surface area contributed by atoms with Gasteiger partial charge in [-0.1, -0.05) is 6.58 Å². The predicted molar refractivity (Wildman–Crippen MR) is 130 cm³/mol. The van der Waals surface area contributed by atoms with Crippen LogP contribution in [0.4, 0.5) is 11.5 Å². The largest absolute Gasteiger partial charge is 0.486 e. The standard InChI is InChI=1S/C22H27N7O5S/c1-2-25-21-19(20(23)24)26-22(28(21)8-5-14-3-6-27(13-30)7-4-14)35-18-12-17-16(33-9-10-34-17)11-15(18)29(31)32/h2,11-14,25H,1,3-10H2,(H3,23,24). The Hall–Kier alpha value is -3.74. The molecule has 0 atom stereocenters. The fourth-order valence-corrected chi connectivity index (χ4v) is 5.22. The second kappa shape index (κ2) is 10.7. The molecule has 0 bridgehead atoms. The van der Waals surface area contributed by atoms with Gasteiger partial charge in [0.05, 0.1) is 15.9 Å². The fourth-order valence-electron chi connectivity index (χ4n) is 4.19. The number of imidazole rings is 1. The number of piperidine rings is 1. The molecule has 2 aromatic rings. The minimum Gasteiger partial charge on any atom is -0.486 e. The number of benzene rings is 1. The molecule has 1 fully saturated rings. The van der Waals surface area contributed by atoms with Gasteiger partial charge in [0, 0.05) is 25.7 Å². The highest BCUT2D eigenvalue weighted by molar-refractivity contribution is 7.99. The van der Waals surface area contributed by atoms with E-state index in [2.05, 4.69) is 16.9 Å². The summed E-state index contributed by atoms with van der Waals surface area (Å²) >= 11 is 1.10. The Morgan fingerprint density at radius 2 is 2.03 bits per heavy atom. The number of carbonyl (C=O) groups is 1. The Morgan fingerprint density at radius 3 is 2.63 bits per heavy atom. The van der Waals surface area contributed by atoms with Crippen LogP contribution in [0.5, 0.6) is 11.5 Å². The van der Waals surface area contributed by atoms with Crippen LogP contribution in [-0.4, -0.2) is 57.9 Å². The summed E-state index contributed by atoms with van der Waals surface area (Å²) in [6.07, 6.45) is 4.96. The number of fused-ring (bicyclic) bond motifs is 1. The van der Waals surface area contributed by atoms with E-state index < -0.39 is 4.92 Å². The smallest absolute Gasteiger partial charge is 0.287 e. The van der Waals surface area contributed by atoms with Crippen molar-refractivity contribution in [2.24, 2.45) is 11.7 Å². The highest BCUT2D eigenvalue weighted by Crippen LogP contribution is 2.44. The lowest BCUT2D eigenvalue weighted by Crippen LogP contribution is -2.32. The number of nitrogens with one attached hydrogen (secondary N) is 2. The number of carbonyl (C=O) groups excluding carboxylic acids is 1. The number of nitrogens with two attached hydrogens (primary N) is 1. The maximum Gasteiger partial charge on any atom is 0.287 e. The topological polar surface area (TPSA) is 162 Å². The van der Waals surface area contributed by atoms with Crippen molar-refractivity contribution in [1.82, 2.24) is 14.5 Å². The van der Waals surface area contributed by atoms with Crippen molar-refractivity contribution in [2.75, 3.05) is 31.6 Å². The number of anilines is 1. The Morgan fingerprint density at radius 1 is 1.34 bits per heavy atom. The molecule has 2 aliphatic heterocycles. The lowest BCUT2D eigenvalue weighted by molar-refractivity contribution is -0.387. The number of hydrogen-bond donors (Lipinski definition) is 3. The highest BCUT2D eigenvalue weighted by Gasteiger charge is 2.27. The highest BCUT2D eigenvalue weighted by atomic mass is 32.2. The van der Waals surface area contributed by atoms with Gasteiger partial charge in [0.1, 0.15) is 30.6 Å². The van der Waals surface area contributed by atoms with Crippen molar-refractivity contribution in [3.63, 3.8) is 0 Å². The summed E-state index contributed by atoms with van der Waals surface area (Å²) in [5.41, 5.74) is 5.91. The summed E-state index contributed by atoms with van der Waals surface area (Å²) in [6.45, 7) is 6.38. The molecule has 1 amide bonds. The predicted octanol–water partition coefficient (Wildman–Crippen LogP) is 2.81. The van der Waals surface area contributed by atoms with Gasteiger partial charge >= 0.3 is 0 Å².